The molecule has 1 aromatic carbocycles. The summed E-state index contributed by atoms with van der Waals surface area (Å²) in [6.45, 7) is 6.24. The molecule has 0 amide bonds. The van der Waals surface area contributed by atoms with Crippen molar-refractivity contribution in [1.82, 2.24) is 14.8 Å². The Balaban J connectivity index is 1.61. The molecule has 1 fully saturated rings. The SMILES string of the molecule is S=C(Nc1ccc(Cl)c(Cl)c1)N(CCCN1CCOCC1)Cc1ccncc1. The Hall–Kier alpha value is -1.44. The molecule has 0 unspecified atom stereocenters. The van der Waals surface area contributed by atoms with Crippen LogP contribution in [0.15, 0.2) is 42.7 Å². The predicted molar refractivity (Wildman–Crippen MR) is 119 cm³/mol. The van der Waals surface area contributed by atoms with Crippen LogP contribution >= 0.6 is 35.4 Å². The van der Waals surface area contributed by atoms with Gasteiger partial charge in [0.2, 0.25) is 0 Å². The van der Waals surface area contributed by atoms with Gasteiger partial charge < -0.3 is 15.0 Å². The molecule has 0 bridgehead atoms. The van der Waals surface area contributed by atoms with E-state index in [-0.39, 0.29) is 0 Å². The number of morpholine rings is 1. The summed E-state index contributed by atoms with van der Waals surface area (Å²) in [6.07, 6.45) is 4.63. The Bertz CT molecular complexity index is 772. The van der Waals surface area contributed by atoms with Crippen LogP contribution in [0.25, 0.3) is 0 Å². The smallest absolute Gasteiger partial charge is 0.173 e. The van der Waals surface area contributed by atoms with Gasteiger partial charge in [-0.1, -0.05) is 23.2 Å². The molecular formula is C20H24Cl2N4OS. The Labute approximate surface area is 181 Å². The van der Waals surface area contributed by atoms with Crippen molar-refractivity contribution in [2.75, 3.05) is 44.7 Å². The zero-order valence-corrected chi connectivity index (χ0v) is 17.9. The van der Waals surface area contributed by atoms with E-state index in [0.717, 1.165) is 58.0 Å². The molecule has 28 heavy (non-hydrogen) atoms. The van der Waals surface area contributed by atoms with Crippen LogP contribution in [0.1, 0.15) is 12.0 Å². The van der Waals surface area contributed by atoms with Crippen LogP contribution in [-0.2, 0) is 11.3 Å². The molecule has 0 saturated carbocycles. The number of benzene rings is 1. The third-order valence-corrected chi connectivity index (χ3v) is 5.69. The molecule has 1 saturated heterocycles. The third kappa shape index (κ3) is 6.57. The number of nitrogens with zero attached hydrogens (tertiary/aromatic N) is 3. The van der Waals surface area contributed by atoms with Crippen molar-refractivity contribution in [1.29, 1.82) is 0 Å². The third-order valence-electron chi connectivity index (χ3n) is 4.59. The Kier molecular flexibility index (Phi) is 8.30. The van der Waals surface area contributed by atoms with Crippen LogP contribution < -0.4 is 5.32 Å². The average Bonchev–Trinajstić information content (AvgIpc) is 2.71. The Morgan fingerprint density at radius 3 is 2.61 bits per heavy atom. The summed E-state index contributed by atoms with van der Waals surface area (Å²) in [6, 6.07) is 9.45. The van der Waals surface area contributed by atoms with Gasteiger partial charge in [0.25, 0.3) is 0 Å². The fraction of sp³-hybridized carbons (Fsp3) is 0.400. The van der Waals surface area contributed by atoms with E-state index in [1.807, 2.05) is 18.2 Å². The normalized spacial score (nSPS) is 14.6. The summed E-state index contributed by atoms with van der Waals surface area (Å²) >= 11 is 17.8. The highest BCUT2D eigenvalue weighted by atomic mass is 35.5. The topological polar surface area (TPSA) is 40.6 Å². The standard InChI is InChI=1S/C20H24Cl2N4OS/c21-18-3-2-17(14-19(18)22)24-20(28)26(15-16-4-6-23-7-5-16)9-1-8-25-10-12-27-13-11-25/h2-7,14H,1,8-13,15H2,(H,24,28). The van der Waals surface area contributed by atoms with Crippen molar-refractivity contribution < 1.29 is 4.74 Å². The van der Waals surface area contributed by atoms with Gasteiger partial charge in [-0.25, -0.2) is 0 Å². The first-order chi connectivity index (χ1) is 13.6. The zero-order valence-electron chi connectivity index (χ0n) is 15.6. The maximum absolute atomic E-state index is 6.12. The van der Waals surface area contributed by atoms with Crippen molar-refractivity contribution in [3.63, 3.8) is 0 Å². The number of nitrogens with one attached hydrogen (secondary N) is 1. The molecule has 0 radical (unpaired) electrons. The largest absolute Gasteiger partial charge is 0.379 e. The molecule has 0 aliphatic carbocycles. The van der Waals surface area contributed by atoms with Crippen LogP contribution in [0.3, 0.4) is 0 Å². The number of ether oxygens (including phenoxy) is 1. The molecule has 1 aromatic heterocycles. The summed E-state index contributed by atoms with van der Waals surface area (Å²) < 4.78 is 5.42. The van der Waals surface area contributed by atoms with Gasteiger partial charge in [0.15, 0.2) is 5.11 Å². The molecule has 8 heteroatoms. The average molecular weight is 439 g/mol. The van der Waals surface area contributed by atoms with E-state index in [1.54, 1.807) is 24.5 Å². The van der Waals surface area contributed by atoms with Crippen LogP contribution in [0.5, 0.6) is 0 Å². The van der Waals surface area contributed by atoms with E-state index in [9.17, 15) is 0 Å². The van der Waals surface area contributed by atoms with Crippen LogP contribution in [0.4, 0.5) is 5.69 Å². The van der Waals surface area contributed by atoms with Gasteiger partial charge in [0.1, 0.15) is 0 Å². The first-order valence-electron chi connectivity index (χ1n) is 9.32. The van der Waals surface area contributed by atoms with E-state index in [2.05, 4.69) is 20.1 Å². The minimum absolute atomic E-state index is 0.502. The molecular weight excluding hydrogens is 415 g/mol. The van der Waals surface area contributed by atoms with Crippen LogP contribution in [-0.4, -0.2) is 59.3 Å². The molecule has 1 aliphatic heterocycles. The lowest BCUT2D eigenvalue weighted by Crippen LogP contribution is -2.40. The molecule has 0 atom stereocenters. The maximum Gasteiger partial charge on any atom is 0.173 e. The second-order valence-corrected chi connectivity index (χ2v) is 7.84. The van der Waals surface area contributed by atoms with Gasteiger partial charge in [0, 0.05) is 50.8 Å². The number of thiocarbonyl (C=S) groups is 1. The summed E-state index contributed by atoms with van der Waals surface area (Å²) in [5, 5.41) is 4.98. The second kappa shape index (κ2) is 10.9. The molecule has 1 N–H and O–H groups in total. The number of aromatic nitrogens is 1. The number of hydrogen-bond acceptors (Lipinski definition) is 4. The minimum atomic E-state index is 0.502. The van der Waals surface area contributed by atoms with Crippen LogP contribution in [0, 0.1) is 0 Å². The van der Waals surface area contributed by atoms with Crippen molar-refractivity contribution >= 4 is 46.2 Å². The van der Waals surface area contributed by atoms with Gasteiger partial charge >= 0.3 is 0 Å². The summed E-state index contributed by atoms with van der Waals surface area (Å²) in [5.41, 5.74) is 1.99. The lowest BCUT2D eigenvalue weighted by molar-refractivity contribution is 0.0368. The van der Waals surface area contributed by atoms with Gasteiger partial charge in [-0.3, -0.25) is 9.88 Å². The number of hydrogen-bond donors (Lipinski definition) is 1. The van der Waals surface area contributed by atoms with Gasteiger partial charge in [0.05, 0.1) is 23.3 Å². The van der Waals surface area contributed by atoms with Gasteiger partial charge in [-0.15, -0.1) is 0 Å². The molecule has 150 valence electrons. The van der Waals surface area contributed by atoms with Crippen LogP contribution in [0.2, 0.25) is 10.0 Å². The van der Waals surface area contributed by atoms with Crippen molar-refractivity contribution in [3.8, 4) is 0 Å². The summed E-state index contributed by atoms with van der Waals surface area (Å²) in [7, 11) is 0. The minimum Gasteiger partial charge on any atom is -0.379 e. The molecule has 5 nitrogen and oxygen atoms in total. The second-order valence-electron chi connectivity index (χ2n) is 6.64. The molecule has 1 aliphatic rings. The first kappa shape index (κ1) is 21.3. The van der Waals surface area contributed by atoms with E-state index >= 15 is 0 Å². The Morgan fingerprint density at radius 1 is 1.14 bits per heavy atom. The number of halogens is 2. The Morgan fingerprint density at radius 2 is 1.89 bits per heavy atom. The zero-order chi connectivity index (χ0) is 19.8. The fourth-order valence-electron chi connectivity index (χ4n) is 3.05. The first-order valence-corrected chi connectivity index (χ1v) is 10.5. The highest BCUT2D eigenvalue weighted by molar-refractivity contribution is 7.80. The quantitative estimate of drug-likeness (QED) is 0.649. The predicted octanol–water partition coefficient (Wildman–Crippen LogP) is 4.31. The molecule has 2 heterocycles. The van der Waals surface area contributed by atoms with E-state index in [4.69, 9.17) is 40.2 Å². The number of rotatable bonds is 7. The van der Waals surface area contributed by atoms with E-state index < -0.39 is 0 Å². The summed E-state index contributed by atoms with van der Waals surface area (Å²) in [5.74, 6) is 0. The van der Waals surface area contributed by atoms with Crippen molar-refractivity contribution in [3.05, 3.63) is 58.3 Å². The molecule has 2 aromatic rings. The van der Waals surface area contributed by atoms with Crippen molar-refractivity contribution in [2.45, 2.75) is 13.0 Å². The number of pyridine rings is 1. The number of anilines is 1. The van der Waals surface area contributed by atoms with E-state index in [1.165, 1.54) is 5.56 Å². The lowest BCUT2D eigenvalue weighted by atomic mass is 10.2. The fourth-order valence-corrected chi connectivity index (χ4v) is 3.62. The van der Waals surface area contributed by atoms with Gasteiger partial charge in [-0.05, 0) is 54.5 Å². The van der Waals surface area contributed by atoms with E-state index in [0.29, 0.717) is 15.2 Å². The summed E-state index contributed by atoms with van der Waals surface area (Å²) in [4.78, 5) is 8.70. The van der Waals surface area contributed by atoms with Gasteiger partial charge in [-0.2, -0.15) is 0 Å². The highest BCUT2D eigenvalue weighted by Crippen LogP contribution is 2.25. The monoisotopic (exact) mass is 438 g/mol. The highest BCUT2D eigenvalue weighted by Gasteiger charge is 2.14. The molecule has 0 spiro atoms. The molecule has 3 rings (SSSR count). The maximum atomic E-state index is 6.12. The lowest BCUT2D eigenvalue weighted by Gasteiger charge is -2.29. The van der Waals surface area contributed by atoms with Crippen molar-refractivity contribution in [2.24, 2.45) is 0 Å².